The predicted molar refractivity (Wildman–Crippen MR) is 126 cm³/mol. The van der Waals surface area contributed by atoms with Crippen LogP contribution in [-0.4, -0.2) is 32.7 Å². The van der Waals surface area contributed by atoms with Gasteiger partial charge in [-0.1, -0.05) is 30.4 Å². The summed E-state index contributed by atoms with van der Waals surface area (Å²) in [5.41, 5.74) is -2.89. The predicted octanol–water partition coefficient (Wildman–Crippen LogP) is 7.30. The van der Waals surface area contributed by atoms with Crippen LogP contribution in [0.15, 0.2) is 34.6 Å². The minimum absolute atomic E-state index is 0.0371. The van der Waals surface area contributed by atoms with Crippen molar-refractivity contribution in [2.75, 3.05) is 6.54 Å². The van der Waals surface area contributed by atoms with Crippen LogP contribution in [0, 0.1) is 0 Å². The minimum atomic E-state index is -4.95. The second-order valence-electron chi connectivity index (χ2n) is 7.57. The maximum atomic E-state index is 13.2. The normalized spacial score (nSPS) is 15.9. The van der Waals surface area contributed by atoms with E-state index in [1.165, 1.54) is 22.4 Å². The Morgan fingerprint density at radius 2 is 1.60 bits per heavy atom. The van der Waals surface area contributed by atoms with Gasteiger partial charge in [-0.3, -0.25) is 14.5 Å². The zero-order valence-electron chi connectivity index (χ0n) is 17.7. The maximum absolute atomic E-state index is 13.2. The summed E-state index contributed by atoms with van der Waals surface area (Å²) in [5.74, 6) is -1.25. The SMILES string of the molecule is O=C(O)CCCCCN1C(=O)C(=Cc2cc(-c3cc(C(F)(F)F)cc(C(F)(F)F)c3)cs2)SC1=S. The van der Waals surface area contributed by atoms with Gasteiger partial charge in [0.25, 0.3) is 5.91 Å². The largest absolute Gasteiger partial charge is 0.481 e. The number of carbonyl (C=O) groups is 2. The summed E-state index contributed by atoms with van der Waals surface area (Å²) < 4.78 is 79.2. The van der Waals surface area contributed by atoms with Gasteiger partial charge in [0.15, 0.2) is 0 Å². The molecule has 1 aliphatic rings. The molecule has 2 heterocycles. The summed E-state index contributed by atoms with van der Waals surface area (Å²) in [6, 6.07) is 2.80. The van der Waals surface area contributed by atoms with E-state index in [-0.39, 0.29) is 34.4 Å². The number of thiocarbonyl (C=S) groups is 1. The molecule has 0 bridgehead atoms. The Morgan fingerprint density at radius 3 is 2.17 bits per heavy atom. The van der Waals surface area contributed by atoms with Crippen LogP contribution in [0.3, 0.4) is 0 Å². The average molecular weight is 554 g/mol. The van der Waals surface area contributed by atoms with E-state index in [0.717, 1.165) is 23.1 Å². The first-order valence-electron chi connectivity index (χ1n) is 10.1. The number of unbranched alkanes of at least 4 members (excludes halogenated alkanes) is 2. The van der Waals surface area contributed by atoms with E-state index in [4.69, 9.17) is 17.3 Å². The van der Waals surface area contributed by atoms with Gasteiger partial charge in [-0.25, -0.2) is 0 Å². The van der Waals surface area contributed by atoms with Crippen molar-refractivity contribution in [1.29, 1.82) is 0 Å². The second kappa shape index (κ2) is 10.7. The highest BCUT2D eigenvalue weighted by atomic mass is 32.2. The Balaban J connectivity index is 1.78. The van der Waals surface area contributed by atoms with E-state index in [0.29, 0.717) is 47.1 Å². The van der Waals surface area contributed by atoms with Crippen molar-refractivity contribution in [3.05, 3.63) is 50.6 Å². The number of hydrogen-bond donors (Lipinski definition) is 1. The highest BCUT2D eigenvalue weighted by Gasteiger charge is 2.37. The molecule has 0 aliphatic carbocycles. The van der Waals surface area contributed by atoms with Crippen LogP contribution in [-0.2, 0) is 21.9 Å². The summed E-state index contributed by atoms with van der Waals surface area (Å²) in [5, 5.41) is 10.1. The zero-order valence-corrected chi connectivity index (χ0v) is 20.2. The van der Waals surface area contributed by atoms with E-state index in [1.807, 2.05) is 0 Å². The van der Waals surface area contributed by atoms with Crippen molar-refractivity contribution in [3.63, 3.8) is 0 Å². The number of nitrogens with zero attached hydrogens (tertiary/aromatic N) is 1. The molecule has 1 fully saturated rings. The number of aliphatic carboxylic acids is 1. The molecule has 1 amide bonds. The number of hydrogen-bond acceptors (Lipinski definition) is 5. The van der Waals surface area contributed by atoms with Crippen molar-refractivity contribution in [2.45, 2.75) is 38.0 Å². The van der Waals surface area contributed by atoms with Crippen molar-refractivity contribution in [3.8, 4) is 11.1 Å². The third kappa shape index (κ3) is 7.07. The van der Waals surface area contributed by atoms with Crippen molar-refractivity contribution in [2.24, 2.45) is 0 Å². The number of alkyl halides is 6. The monoisotopic (exact) mass is 553 g/mol. The number of amides is 1. The Morgan fingerprint density at radius 1 is 0.971 bits per heavy atom. The lowest BCUT2D eigenvalue weighted by molar-refractivity contribution is -0.143. The molecule has 0 radical (unpaired) electrons. The molecule has 0 unspecified atom stereocenters. The van der Waals surface area contributed by atoms with Gasteiger partial charge < -0.3 is 5.11 Å². The Bertz CT molecular complexity index is 1140. The maximum Gasteiger partial charge on any atom is 0.416 e. The number of benzene rings is 1. The fraction of sp³-hybridized carbons (Fsp3) is 0.318. The van der Waals surface area contributed by atoms with Crippen molar-refractivity contribution >= 4 is 57.6 Å². The van der Waals surface area contributed by atoms with Crippen molar-refractivity contribution < 1.29 is 41.0 Å². The smallest absolute Gasteiger partial charge is 0.416 e. The summed E-state index contributed by atoms with van der Waals surface area (Å²) in [4.78, 5) is 25.4. The topological polar surface area (TPSA) is 57.6 Å². The Hall–Kier alpha value is -2.38. The van der Waals surface area contributed by atoms with Crippen LogP contribution in [0.5, 0.6) is 0 Å². The van der Waals surface area contributed by atoms with E-state index in [9.17, 15) is 35.9 Å². The van der Waals surface area contributed by atoms with E-state index < -0.39 is 29.4 Å². The molecule has 1 saturated heterocycles. The first-order chi connectivity index (χ1) is 16.3. The number of thioether (sulfide) groups is 1. The lowest BCUT2D eigenvalue weighted by Gasteiger charge is -2.13. The van der Waals surface area contributed by atoms with Crippen LogP contribution in [0.4, 0.5) is 26.3 Å². The first kappa shape index (κ1) is 27.2. The molecule has 3 rings (SSSR count). The number of halogens is 6. The average Bonchev–Trinajstić information content (AvgIpc) is 3.31. The summed E-state index contributed by atoms with van der Waals surface area (Å²) in [6.45, 7) is 0.321. The molecule has 0 saturated carbocycles. The number of carboxylic acid groups (broad SMARTS) is 1. The fourth-order valence-corrected chi connectivity index (χ4v) is 5.47. The van der Waals surface area contributed by atoms with Gasteiger partial charge in [0, 0.05) is 17.8 Å². The van der Waals surface area contributed by atoms with Crippen LogP contribution < -0.4 is 0 Å². The summed E-state index contributed by atoms with van der Waals surface area (Å²) in [6.07, 6.45) is -6.72. The Kier molecular flexibility index (Phi) is 8.32. The molecule has 2 aromatic rings. The van der Waals surface area contributed by atoms with Gasteiger partial charge in [0.05, 0.1) is 16.0 Å². The fourth-order valence-electron chi connectivity index (χ4n) is 3.25. The lowest BCUT2D eigenvalue weighted by atomic mass is 10.0. The number of thiophene rings is 1. The van der Waals surface area contributed by atoms with Gasteiger partial charge in [-0.2, -0.15) is 26.3 Å². The van der Waals surface area contributed by atoms with E-state index in [2.05, 4.69) is 0 Å². The zero-order chi connectivity index (χ0) is 26.0. The molecule has 0 atom stereocenters. The van der Waals surface area contributed by atoms with Crippen LogP contribution in [0.25, 0.3) is 17.2 Å². The van der Waals surface area contributed by atoms with Crippen molar-refractivity contribution in [1.82, 2.24) is 4.90 Å². The molecular formula is C22H17F6NO3S3. The molecule has 35 heavy (non-hydrogen) atoms. The van der Waals surface area contributed by atoms with E-state index in [1.54, 1.807) is 0 Å². The van der Waals surface area contributed by atoms with E-state index >= 15 is 0 Å². The third-order valence-electron chi connectivity index (χ3n) is 4.96. The second-order valence-corrected chi connectivity index (χ2v) is 10.2. The molecule has 0 spiro atoms. The highest BCUT2D eigenvalue weighted by Crippen LogP contribution is 2.40. The molecule has 13 heteroatoms. The molecule has 1 aliphatic heterocycles. The van der Waals surface area contributed by atoms with Crippen LogP contribution >= 0.6 is 35.3 Å². The molecular weight excluding hydrogens is 536 g/mol. The Labute approximate surface area is 209 Å². The number of carboxylic acids is 1. The summed E-state index contributed by atoms with van der Waals surface area (Å²) in [7, 11) is 0. The molecule has 1 aromatic heterocycles. The quantitative estimate of drug-likeness (QED) is 0.161. The van der Waals surface area contributed by atoms with Gasteiger partial charge in [-0.15, -0.1) is 11.3 Å². The molecule has 4 nitrogen and oxygen atoms in total. The van der Waals surface area contributed by atoms with Crippen LogP contribution in [0.1, 0.15) is 41.7 Å². The lowest BCUT2D eigenvalue weighted by Crippen LogP contribution is -2.29. The third-order valence-corrected chi connectivity index (χ3v) is 7.22. The molecule has 188 valence electrons. The first-order valence-corrected chi connectivity index (χ1v) is 12.2. The number of rotatable bonds is 8. The molecule has 1 N–H and O–H groups in total. The van der Waals surface area contributed by atoms with Crippen LogP contribution in [0.2, 0.25) is 0 Å². The molecule has 1 aromatic carbocycles. The van der Waals surface area contributed by atoms with Gasteiger partial charge in [0.1, 0.15) is 4.32 Å². The number of carbonyl (C=O) groups excluding carboxylic acids is 1. The van der Waals surface area contributed by atoms with Gasteiger partial charge in [-0.05, 0) is 59.7 Å². The van der Waals surface area contributed by atoms with Gasteiger partial charge in [0.2, 0.25) is 0 Å². The highest BCUT2D eigenvalue weighted by molar-refractivity contribution is 8.26. The van der Waals surface area contributed by atoms with Gasteiger partial charge >= 0.3 is 18.3 Å². The summed E-state index contributed by atoms with van der Waals surface area (Å²) >= 11 is 7.35. The minimum Gasteiger partial charge on any atom is -0.481 e. The standard InChI is InChI=1S/C22H17F6NO3S3/c23-21(24,25)14-6-12(7-15(9-14)22(26,27)28)13-8-16(34-11-13)10-17-19(32)29(20(33)35-17)5-3-1-2-4-18(30)31/h6-11H,1-5H2,(H,30,31).